The van der Waals surface area contributed by atoms with Crippen LogP contribution in [0.4, 0.5) is 4.39 Å². The number of hydrogen-bond acceptors (Lipinski definition) is 4. The van der Waals surface area contributed by atoms with Crippen molar-refractivity contribution in [2.24, 2.45) is 0 Å². The maximum absolute atomic E-state index is 14.6. The lowest BCUT2D eigenvalue weighted by molar-refractivity contribution is -0.131. The van der Waals surface area contributed by atoms with Crippen molar-refractivity contribution >= 4 is 27.7 Å². The summed E-state index contributed by atoms with van der Waals surface area (Å²) in [6.07, 6.45) is 3.57. The van der Waals surface area contributed by atoms with Gasteiger partial charge in [0.05, 0.1) is 11.6 Å². The molecule has 2 aliphatic rings. The first-order valence-electron chi connectivity index (χ1n) is 9.83. The van der Waals surface area contributed by atoms with Crippen LogP contribution in [0.3, 0.4) is 0 Å². The van der Waals surface area contributed by atoms with Gasteiger partial charge in [-0.1, -0.05) is 22.0 Å². The number of piperidine rings is 1. The van der Waals surface area contributed by atoms with Crippen molar-refractivity contribution in [1.82, 2.24) is 16.0 Å². The Labute approximate surface area is 172 Å². The number of carbonyl (C=O) groups is 2. The van der Waals surface area contributed by atoms with Crippen molar-refractivity contribution < 1.29 is 19.1 Å². The fraction of sp³-hybridized carbons (Fsp3) is 0.600. The average Bonchev–Trinajstić information content (AvgIpc) is 2.64. The van der Waals surface area contributed by atoms with E-state index in [1.807, 2.05) is 0 Å². The smallest absolute Gasteiger partial charge is 0.230 e. The number of nitrogens with one attached hydrogen (secondary N) is 3. The van der Waals surface area contributed by atoms with Gasteiger partial charge < -0.3 is 21.1 Å². The highest BCUT2D eigenvalue weighted by atomic mass is 79.9. The molecule has 1 aliphatic carbocycles. The summed E-state index contributed by atoms with van der Waals surface area (Å²) in [5.41, 5.74) is -0.437. The normalized spacial score (nSPS) is 27.8. The van der Waals surface area contributed by atoms with E-state index in [1.54, 1.807) is 12.1 Å². The quantitative estimate of drug-likeness (QED) is 0.511. The van der Waals surface area contributed by atoms with E-state index in [1.165, 1.54) is 6.07 Å². The lowest BCUT2D eigenvalue weighted by Gasteiger charge is -2.39. The Balaban J connectivity index is 1.64. The lowest BCUT2D eigenvalue weighted by Crippen LogP contribution is -2.56. The largest absolute Gasteiger partial charge is 0.393 e. The van der Waals surface area contributed by atoms with Gasteiger partial charge in [-0.2, -0.15) is 0 Å². The second kappa shape index (κ2) is 9.33. The molecule has 1 aromatic carbocycles. The van der Waals surface area contributed by atoms with Crippen molar-refractivity contribution in [2.75, 3.05) is 13.1 Å². The zero-order chi connectivity index (χ0) is 20.1. The molecule has 1 atom stereocenters. The molecule has 6 nitrogen and oxygen atoms in total. The number of carbonyl (C=O) groups excluding carboxylic acids is 2. The molecule has 0 spiro atoms. The van der Waals surface area contributed by atoms with Gasteiger partial charge in [-0.25, -0.2) is 4.39 Å². The summed E-state index contributed by atoms with van der Waals surface area (Å²) in [7, 11) is 0. The second-order valence-corrected chi connectivity index (χ2v) is 8.70. The first-order chi connectivity index (χ1) is 13.4. The molecule has 3 rings (SSSR count). The molecule has 1 heterocycles. The lowest BCUT2D eigenvalue weighted by atomic mass is 9.82. The SMILES string of the molecule is O=C(CC(=O)N[C@H]1CC[C@@H](O)CC1)N[C@]1(c2ccc(Br)cc2F)CCCNC1. The van der Waals surface area contributed by atoms with Crippen LogP contribution in [0.25, 0.3) is 0 Å². The molecule has 8 heteroatoms. The van der Waals surface area contributed by atoms with Gasteiger partial charge in [-0.05, 0) is 57.2 Å². The highest BCUT2D eigenvalue weighted by Gasteiger charge is 2.38. The van der Waals surface area contributed by atoms with Crippen LogP contribution in [0.15, 0.2) is 22.7 Å². The molecule has 0 unspecified atom stereocenters. The van der Waals surface area contributed by atoms with Crippen LogP contribution in [0, 0.1) is 5.82 Å². The standard InChI is InChI=1S/C20H27BrFN3O3/c21-13-2-7-16(17(22)10-13)20(8-1-9-23-12-20)25-19(28)11-18(27)24-14-3-5-15(26)6-4-14/h2,7,10,14-15,23,26H,1,3-6,8-9,11-12H2,(H,24,27)(H,25,28)/t14-,15+,20-/m1/s1. The summed E-state index contributed by atoms with van der Waals surface area (Å²) in [4.78, 5) is 24.9. The van der Waals surface area contributed by atoms with Gasteiger partial charge in [-0.3, -0.25) is 9.59 Å². The minimum atomic E-state index is -0.866. The highest BCUT2D eigenvalue weighted by molar-refractivity contribution is 9.10. The predicted octanol–water partition coefficient (Wildman–Crippen LogP) is 2.09. The molecule has 1 aliphatic heterocycles. The van der Waals surface area contributed by atoms with Gasteiger partial charge in [-0.15, -0.1) is 0 Å². The van der Waals surface area contributed by atoms with E-state index in [-0.39, 0.29) is 30.3 Å². The van der Waals surface area contributed by atoms with Crippen LogP contribution in [-0.4, -0.2) is 42.2 Å². The third-order valence-electron chi connectivity index (χ3n) is 5.59. The van der Waals surface area contributed by atoms with E-state index < -0.39 is 11.4 Å². The average molecular weight is 456 g/mol. The van der Waals surface area contributed by atoms with Crippen LogP contribution in [0.1, 0.15) is 50.5 Å². The van der Waals surface area contributed by atoms with E-state index in [0.717, 1.165) is 13.0 Å². The molecule has 4 N–H and O–H groups in total. The van der Waals surface area contributed by atoms with Gasteiger partial charge in [0.15, 0.2) is 0 Å². The zero-order valence-electron chi connectivity index (χ0n) is 15.8. The highest BCUT2D eigenvalue weighted by Crippen LogP contribution is 2.32. The van der Waals surface area contributed by atoms with E-state index in [0.29, 0.717) is 48.7 Å². The molecule has 2 fully saturated rings. The van der Waals surface area contributed by atoms with Gasteiger partial charge in [0.2, 0.25) is 11.8 Å². The molecule has 0 bridgehead atoms. The monoisotopic (exact) mass is 455 g/mol. The number of amides is 2. The molecule has 0 radical (unpaired) electrons. The van der Waals surface area contributed by atoms with Crippen LogP contribution in [0.5, 0.6) is 0 Å². The molecule has 0 aromatic heterocycles. The Morgan fingerprint density at radius 1 is 1.25 bits per heavy atom. The zero-order valence-corrected chi connectivity index (χ0v) is 17.4. The predicted molar refractivity (Wildman–Crippen MR) is 107 cm³/mol. The Morgan fingerprint density at radius 2 is 2.00 bits per heavy atom. The molecular weight excluding hydrogens is 429 g/mol. The minimum Gasteiger partial charge on any atom is -0.393 e. The van der Waals surface area contributed by atoms with E-state index in [9.17, 15) is 19.1 Å². The second-order valence-electron chi connectivity index (χ2n) is 7.78. The Hall–Kier alpha value is -1.51. The number of aliphatic hydroxyl groups is 1. The van der Waals surface area contributed by atoms with Crippen molar-refractivity contribution in [3.8, 4) is 0 Å². The fourth-order valence-corrected chi connectivity index (χ4v) is 4.48. The maximum atomic E-state index is 14.6. The third-order valence-corrected chi connectivity index (χ3v) is 6.09. The van der Waals surface area contributed by atoms with Gasteiger partial charge >= 0.3 is 0 Å². The minimum absolute atomic E-state index is 0.00192. The topological polar surface area (TPSA) is 90.5 Å². The van der Waals surface area contributed by atoms with E-state index >= 15 is 0 Å². The van der Waals surface area contributed by atoms with Gasteiger partial charge in [0.1, 0.15) is 12.2 Å². The summed E-state index contributed by atoms with van der Waals surface area (Å²) in [6, 6.07) is 4.82. The Morgan fingerprint density at radius 3 is 2.64 bits per heavy atom. The summed E-state index contributed by atoms with van der Waals surface area (Å²) < 4.78 is 15.3. The van der Waals surface area contributed by atoms with Gasteiger partial charge in [0.25, 0.3) is 0 Å². The van der Waals surface area contributed by atoms with Crippen molar-refractivity contribution in [2.45, 2.75) is 62.6 Å². The molecule has 28 heavy (non-hydrogen) atoms. The molecular formula is C20H27BrFN3O3. The number of aliphatic hydroxyl groups excluding tert-OH is 1. The van der Waals surface area contributed by atoms with Crippen LogP contribution >= 0.6 is 15.9 Å². The molecule has 1 aromatic rings. The van der Waals surface area contributed by atoms with E-state index in [4.69, 9.17) is 0 Å². The number of rotatable bonds is 5. The number of hydrogen-bond donors (Lipinski definition) is 4. The van der Waals surface area contributed by atoms with Crippen molar-refractivity contribution in [3.05, 3.63) is 34.1 Å². The number of halogens is 2. The van der Waals surface area contributed by atoms with E-state index in [2.05, 4.69) is 31.9 Å². The first-order valence-corrected chi connectivity index (χ1v) is 10.6. The molecule has 154 valence electrons. The summed E-state index contributed by atoms with van der Waals surface area (Å²) in [6.45, 7) is 1.23. The molecule has 2 amide bonds. The van der Waals surface area contributed by atoms with Crippen molar-refractivity contribution in [3.63, 3.8) is 0 Å². The van der Waals surface area contributed by atoms with Crippen molar-refractivity contribution in [1.29, 1.82) is 0 Å². The molecule has 1 saturated carbocycles. The molecule has 1 saturated heterocycles. The van der Waals surface area contributed by atoms with Crippen LogP contribution in [-0.2, 0) is 15.1 Å². The van der Waals surface area contributed by atoms with Crippen LogP contribution in [0.2, 0.25) is 0 Å². The van der Waals surface area contributed by atoms with Gasteiger partial charge in [0, 0.05) is 22.6 Å². The summed E-state index contributed by atoms with van der Waals surface area (Å²) >= 11 is 3.26. The maximum Gasteiger partial charge on any atom is 0.230 e. The fourth-order valence-electron chi connectivity index (χ4n) is 4.14. The summed E-state index contributed by atoms with van der Waals surface area (Å²) in [5.74, 6) is -1.14. The third kappa shape index (κ3) is 5.30. The Bertz CT molecular complexity index is 717. The Kier molecular flexibility index (Phi) is 7.06. The number of benzene rings is 1. The van der Waals surface area contributed by atoms with Crippen LogP contribution < -0.4 is 16.0 Å². The summed E-state index contributed by atoms with van der Waals surface area (Å²) in [5, 5.41) is 18.6. The first kappa shape index (κ1) is 21.2.